The second-order valence-corrected chi connectivity index (χ2v) is 5.86. The van der Waals surface area contributed by atoms with Crippen LogP contribution in [0, 0.1) is 6.92 Å². The maximum Gasteiger partial charge on any atom is 0.315 e. The monoisotopic (exact) mass is 278 g/mol. The van der Waals surface area contributed by atoms with Crippen molar-refractivity contribution < 1.29 is 9.90 Å². The predicted octanol–water partition coefficient (Wildman–Crippen LogP) is 2.69. The van der Waals surface area contributed by atoms with E-state index in [0.717, 1.165) is 12.0 Å². The maximum atomic E-state index is 12.0. The third-order valence-corrected chi connectivity index (χ3v) is 3.34. The van der Waals surface area contributed by atoms with Crippen LogP contribution in [0.4, 0.5) is 4.79 Å². The van der Waals surface area contributed by atoms with Gasteiger partial charge in [-0.05, 0) is 46.1 Å². The summed E-state index contributed by atoms with van der Waals surface area (Å²) in [5.74, 6) is 0. The van der Waals surface area contributed by atoms with Crippen molar-refractivity contribution in [2.45, 2.75) is 52.1 Å². The van der Waals surface area contributed by atoms with Crippen molar-refractivity contribution >= 4 is 6.03 Å². The highest BCUT2D eigenvalue weighted by Crippen LogP contribution is 2.20. The molecule has 0 aliphatic rings. The number of benzene rings is 1. The summed E-state index contributed by atoms with van der Waals surface area (Å²) in [4.78, 5) is 12.0. The number of carbonyl (C=O) groups excluding carboxylic acids is 1. The fourth-order valence-electron chi connectivity index (χ4n) is 2.12. The maximum absolute atomic E-state index is 12.0. The van der Waals surface area contributed by atoms with E-state index in [0.29, 0.717) is 6.42 Å². The van der Waals surface area contributed by atoms with Crippen LogP contribution in [0.3, 0.4) is 0 Å². The molecule has 0 radical (unpaired) electrons. The molecule has 0 fully saturated rings. The average Bonchev–Trinajstić information content (AvgIpc) is 2.35. The average molecular weight is 278 g/mol. The van der Waals surface area contributed by atoms with Crippen molar-refractivity contribution in [3.63, 3.8) is 0 Å². The van der Waals surface area contributed by atoms with Gasteiger partial charge in [-0.15, -0.1) is 0 Å². The molecule has 0 saturated carbocycles. The first-order chi connectivity index (χ1) is 9.35. The summed E-state index contributed by atoms with van der Waals surface area (Å²) < 4.78 is 0. The predicted molar refractivity (Wildman–Crippen MR) is 81.7 cm³/mol. The Bertz CT molecular complexity index is 444. The van der Waals surface area contributed by atoms with Crippen molar-refractivity contribution in [1.82, 2.24) is 10.6 Å². The number of amides is 2. The van der Waals surface area contributed by atoms with E-state index in [1.807, 2.05) is 45.9 Å². The molecule has 4 heteroatoms. The highest BCUT2D eigenvalue weighted by atomic mass is 16.3. The number of hydrogen-bond donors (Lipinski definition) is 3. The molecule has 0 spiro atoms. The van der Waals surface area contributed by atoms with E-state index in [-0.39, 0.29) is 18.7 Å². The number of urea groups is 1. The van der Waals surface area contributed by atoms with Crippen LogP contribution in [-0.2, 0) is 5.54 Å². The van der Waals surface area contributed by atoms with Gasteiger partial charge in [0, 0.05) is 12.6 Å². The highest BCUT2D eigenvalue weighted by molar-refractivity contribution is 5.75. The number of carbonyl (C=O) groups is 1. The standard InChI is InChI=1S/C16H26N2O2/c1-12-7-5-9-14(11-12)16(3,4)18-15(20)17-13(2)8-6-10-19/h5,7,9,11,13,19H,6,8,10H2,1-4H3,(H2,17,18,20). The molecule has 20 heavy (non-hydrogen) atoms. The van der Waals surface area contributed by atoms with Gasteiger partial charge in [0.15, 0.2) is 0 Å². The number of rotatable bonds is 6. The number of nitrogens with one attached hydrogen (secondary N) is 2. The van der Waals surface area contributed by atoms with Crippen LogP contribution < -0.4 is 10.6 Å². The van der Waals surface area contributed by atoms with E-state index in [1.165, 1.54) is 5.56 Å². The van der Waals surface area contributed by atoms with E-state index in [2.05, 4.69) is 16.7 Å². The number of aryl methyl sites for hydroxylation is 1. The van der Waals surface area contributed by atoms with E-state index in [9.17, 15) is 4.79 Å². The number of hydrogen-bond acceptors (Lipinski definition) is 2. The fourth-order valence-corrected chi connectivity index (χ4v) is 2.12. The van der Waals surface area contributed by atoms with Gasteiger partial charge in [-0.3, -0.25) is 0 Å². The van der Waals surface area contributed by atoms with Crippen molar-refractivity contribution in [1.29, 1.82) is 0 Å². The van der Waals surface area contributed by atoms with Gasteiger partial charge in [0.05, 0.1) is 5.54 Å². The second-order valence-electron chi connectivity index (χ2n) is 5.86. The SMILES string of the molecule is Cc1cccc(C(C)(C)NC(=O)NC(C)CCCO)c1. The molecule has 1 atom stereocenters. The largest absolute Gasteiger partial charge is 0.396 e. The molecule has 0 aliphatic carbocycles. The molecule has 0 heterocycles. The lowest BCUT2D eigenvalue weighted by atomic mass is 9.93. The van der Waals surface area contributed by atoms with E-state index >= 15 is 0 Å². The Morgan fingerprint density at radius 2 is 2.10 bits per heavy atom. The van der Waals surface area contributed by atoms with E-state index < -0.39 is 5.54 Å². The minimum Gasteiger partial charge on any atom is -0.396 e. The van der Waals surface area contributed by atoms with Gasteiger partial charge in [-0.25, -0.2) is 4.79 Å². The zero-order valence-corrected chi connectivity index (χ0v) is 12.9. The molecule has 0 aliphatic heterocycles. The molecule has 0 saturated heterocycles. The quantitative estimate of drug-likeness (QED) is 0.749. The molecule has 112 valence electrons. The van der Waals surface area contributed by atoms with Crippen molar-refractivity contribution in [2.24, 2.45) is 0 Å². The Morgan fingerprint density at radius 1 is 1.40 bits per heavy atom. The minimum absolute atomic E-state index is 0.0514. The van der Waals surface area contributed by atoms with Gasteiger partial charge in [-0.2, -0.15) is 0 Å². The molecule has 3 N–H and O–H groups in total. The van der Waals surface area contributed by atoms with Crippen molar-refractivity contribution in [2.75, 3.05) is 6.61 Å². The van der Waals surface area contributed by atoms with Gasteiger partial charge >= 0.3 is 6.03 Å². The lowest BCUT2D eigenvalue weighted by Crippen LogP contribution is -2.48. The lowest BCUT2D eigenvalue weighted by molar-refractivity contribution is 0.224. The van der Waals surface area contributed by atoms with Gasteiger partial charge in [-0.1, -0.05) is 29.8 Å². The second kappa shape index (κ2) is 7.29. The summed E-state index contributed by atoms with van der Waals surface area (Å²) in [7, 11) is 0. The number of aliphatic hydroxyl groups excluding tert-OH is 1. The minimum atomic E-state index is -0.424. The molecule has 1 unspecified atom stereocenters. The first-order valence-electron chi connectivity index (χ1n) is 7.12. The van der Waals surface area contributed by atoms with E-state index in [1.54, 1.807) is 0 Å². The Balaban J connectivity index is 2.59. The molecular weight excluding hydrogens is 252 g/mol. The Morgan fingerprint density at radius 3 is 2.70 bits per heavy atom. The highest BCUT2D eigenvalue weighted by Gasteiger charge is 2.23. The van der Waals surface area contributed by atoms with Crippen LogP contribution in [-0.4, -0.2) is 23.8 Å². The van der Waals surface area contributed by atoms with Crippen LogP contribution >= 0.6 is 0 Å². The van der Waals surface area contributed by atoms with Crippen LogP contribution in [0.1, 0.15) is 44.7 Å². The smallest absolute Gasteiger partial charge is 0.315 e. The summed E-state index contributed by atoms with van der Waals surface area (Å²) in [5.41, 5.74) is 1.83. The Labute approximate surface area is 121 Å². The molecule has 2 amide bonds. The first-order valence-corrected chi connectivity index (χ1v) is 7.12. The third kappa shape index (κ3) is 5.21. The molecule has 1 aromatic carbocycles. The summed E-state index contributed by atoms with van der Waals surface area (Å²) >= 11 is 0. The van der Waals surface area contributed by atoms with Crippen molar-refractivity contribution in [3.8, 4) is 0 Å². The normalized spacial score (nSPS) is 12.8. The zero-order valence-electron chi connectivity index (χ0n) is 12.9. The summed E-state index contributed by atoms with van der Waals surface area (Å²) in [5, 5.41) is 14.7. The molecule has 0 aromatic heterocycles. The summed E-state index contributed by atoms with van der Waals surface area (Å²) in [6, 6.07) is 8.00. The summed E-state index contributed by atoms with van der Waals surface area (Å²) in [6.45, 7) is 8.10. The lowest BCUT2D eigenvalue weighted by Gasteiger charge is -2.28. The molecule has 4 nitrogen and oxygen atoms in total. The fraction of sp³-hybridized carbons (Fsp3) is 0.562. The van der Waals surface area contributed by atoms with Crippen LogP contribution in [0.25, 0.3) is 0 Å². The van der Waals surface area contributed by atoms with Gasteiger partial charge in [0.2, 0.25) is 0 Å². The topological polar surface area (TPSA) is 61.4 Å². The van der Waals surface area contributed by atoms with Gasteiger partial charge in [0.25, 0.3) is 0 Å². The number of aliphatic hydroxyl groups is 1. The van der Waals surface area contributed by atoms with E-state index in [4.69, 9.17) is 5.11 Å². The van der Waals surface area contributed by atoms with Crippen LogP contribution in [0.2, 0.25) is 0 Å². The Hall–Kier alpha value is -1.55. The van der Waals surface area contributed by atoms with Crippen molar-refractivity contribution in [3.05, 3.63) is 35.4 Å². The summed E-state index contributed by atoms with van der Waals surface area (Å²) in [6.07, 6.45) is 1.47. The van der Waals surface area contributed by atoms with Gasteiger partial charge < -0.3 is 15.7 Å². The Kier molecular flexibility index (Phi) is 6.02. The first kappa shape index (κ1) is 16.5. The molecular formula is C16H26N2O2. The van der Waals surface area contributed by atoms with Gasteiger partial charge in [0.1, 0.15) is 0 Å². The third-order valence-electron chi connectivity index (χ3n) is 3.34. The van der Waals surface area contributed by atoms with Crippen LogP contribution in [0.5, 0.6) is 0 Å². The molecule has 0 bridgehead atoms. The molecule has 1 aromatic rings. The zero-order chi connectivity index (χ0) is 15.2. The van der Waals surface area contributed by atoms with Crippen LogP contribution in [0.15, 0.2) is 24.3 Å². The molecule has 1 rings (SSSR count).